The molecule has 1 aromatic rings. The maximum Gasteiger partial charge on any atom is 0.550 e. The molecule has 2 rings (SSSR count). The minimum Gasteiger partial charge on any atom is -0.561 e. The summed E-state index contributed by atoms with van der Waals surface area (Å²) in [4.78, 5) is 10.8. The van der Waals surface area contributed by atoms with Gasteiger partial charge in [-0.3, -0.25) is 0 Å². The monoisotopic (exact) mass is 245 g/mol. The fourth-order valence-electron chi connectivity index (χ4n) is 1.09. The van der Waals surface area contributed by atoms with Crippen molar-refractivity contribution in [1.82, 2.24) is 0 Å². The van der Waals surface area contributed by atoms with Gasteiger partial charge >= 0.3 is 5.97 Å². The van der Waals surface area contributed by atoms with Gasteiger partial charge in [-0.1, -0.05) is 0 Å². The lowest BCUT2D eigenvalue weighted by Crippen LogP contribution is -1.97. The molecule has 0 radical (unpaired) electrons. The first-order chi connectivity index (χ1) is 6.18. The van der Waals surface area contributed by atoms with E-state index in [2.05, 4.69) is 15.9 Å². The van der Waals surface area contributed by atoms with Crippen LogP contribution in [0.1, 0.15) is 10.4 Å². The van der Waals surface area contributed by atoms with Gasteiger partial charge in [-0.05, 0) is 22.0 Å². The summed E-state index contributed by atoms with van der Waals surface area (Å²) in [7, 11) is 0. The van der Waals surface area contributed by atoms with Crippen LogP contribution in [0.15, 0.2) is 16.6 Å². The Morgan fingerprint density at radius 3 is 2.62 bits per heavy atom. The molecular formula is C8H6BrO4+. The molecule has 0 unspecified atom stereocenters. The average molecular weight is 246 g/mol. The predicted molar refractivity (Wildman–Crippen MR) is 48.2 cm³/mol. The summed E-state index contributed by atoms with van der Waals surface area (Å²) < 4.78 is 10.7. The summed E-state index contributed by atoms with van der Waals surface area (Å²) in [5.74, 6) is 0.362. The molecule has 0 fully saturated rings. The normalized spacial score (nSPS) is 13.0. The van der Waals surface area contributed by atoms with Gasteiger partial charge in [0.1, 0.15) is 5.56 Å². The lowest BCUT2D eigenvalue weighted by Gasteiger charge is -1.98. The highest BCUT2D eigenvalue weighted by Gasteiger charge is 2.22. The van der Waals surface area contributed by atoms with Crippen molar-refractivity contribution in [3.05, 3.63) is 22.2 Å². The fraction of sp³-hybridized carbons (Fsp3) is 0.125. The van der Waals surface area contributed by atoms with Gasteiger partial charge in [0, 0.05) is 15.3 Å². The molecule has 1 aliphatic rings. The molecule has 1 aromatic carbocycles. The number of rotatable bonds is 1. The van der Waals surface area contributed by atoms with Crippen LogP contribution in [-0.4, -0.2) is 17.9 Å². The molecule has 0 amide bonds. The first-order valence-electron chi connectivity index (χ1n) is 3.53. The van der Waals surface area contributed by atoms with E-state index in [1.54, 1.807) is 6.07 Å². The van der Waals surface area contributed by atoms with E-state index >= 15 is 0 Å². The second-order valence-corrected chi connectivity index (χ2v) is 3.37. The first kappa shape index (κ1) is 8.37. The summed E-state index contributed by atoms with van der Waals surface area (Å²) in [5, 5.41) is 6.96. The minimum atomic E-state index is -0.745. The summed E-state index contributed by atoms with van der Waals surface area (Å²) in [6.45, 7) is 0.164. The molecule has 1 heterocycles. The van der Waals surface area contributed by atoms with Crippen molar-refractivity contribution in [2.45, 2.75) is 0 Å². The van der Waals surface area contributed by atoms with Gasteiger partial charge in [0.2, 0.25) is 6.79 Å². The van der Waals surface area contributed by atoms with Gasteiger partial charge in [-0.25, -0.2) is 0 Å². The van der Waals surface area contributed by atoms with Gasteiger partial charge < -0.3 is 14.6 Å². The van der Waals surface area contributed by atoms with E-state index in [0.717, 1.165) is 0 Å². The quantitative estimate of drug-likeness (QED) is 0.695. The molecule has 68 valence electrons. The van der Waals surface area contributed by atoms with Gasteiger partial charge in [0.15, 0.2) is 11.5 Å². The lowest BCUT2D eigenvalue weighted by atomic mass is 10.2. The molecular weight excluding hydrogens is 240 g/mol. The van der Waals surface area contributed by atoms with E-state index < -0.39 is 5.97 Å². The van der Waals surface area contributed by atoms with Crippen molar-refractivity contribution in [1.29, 1.82) is 0 Å². The van der Waals surface area contributed by atoms with Crippen molar-refractivity contribution in [3.63, 3.8) is 0 Å². The second-order valence-electron chi connectivity index (χ2n) is 2.51. The smallest absolute Gasteiger partial charge is 0.550 e. The fourth-order valence-corrected chi connectivity index (χ4v) is 1.59. The maximum absolute atomic E-state index is 10.8. The zero-order chi connectivity index (χ0) is 9.42. The molecule has 1 aliphatic heterocycles. The van der Waals surface area contributed by atoms with E-state index in [-0.39, 0.29) is 12.4 Å². The standard InChI is InChI=1S/C8H5BrO4/c9-5-2-7-6(12-3-13-7)1-4(5)8(10)11/h1-2H,3H2,(H,10,11)/p+1. The Morgan fingerprint density at radius 2 is 2.00 bits per heavy atom. The highest BCUT2D eigenvalue weighted by Crippen LogP contribution is 2.36. The van der Waals surface area contributed by atoms with Crippen LogP contribution >= 0.6 is 15.9 Å². The van der Waals surface area contributed by atoms with Crippen molar-refractivity contribution in [2.24, 2.45) is 0 Å². The topological polar surface area (TPSA) is 58.4 Å². The van der Waals surface area contributed by atoms with Crippen LogP contribution in [0.2, 0.25) is 0 Å². The Labute approximate surface area is 82.2 Å². The number of hydrogen-bond donors (Lipinski definition) is 0. The van der Waals surface area contributed by atoms with Crippen LogP contribution in [-0.2, 0) is 0 Å². The van der Waals surface area contributed by atoms with Crippen LogP contribution in [0.3, 0.4) is 0 Å². The minimum absolute atomic E-state index is 0.164. The van der Waals surface area contributed by atoms with E-state index in [1.165, 1.54) is 6.07 Å². The molecule has 13 heavy (non-hydrogen) atoms. The van der Waals surface area contributed by atoms with Crippen LogP contribution in [0, 0.1) is 0 Å². The number of fused-ring (bicyclic) bond motifs is 1. The lowest BCUT2D eigenvalue weighted by molar-refractivity contribution is 0.0695. The molecule has 0 saturated heterocycles. The van der Waals surface area contributed by atoms with Crippen LogP contribution in [0.25, 0.3) is 0 Å². The SMILES string of the molecule is O=C([OH2+])c1cc2c(cc1Br)OCO2. The van der Waals surface area contributed by atoms with Crippen molar-refractivity contribution >= 4 is 21.9 Å². The first-order valence-corrected chi connectivity index (χ1v) is 4.33. The Hall–Kier alpha value is -1.23. The third-order valence-corrected chi connectivity index (χ3v) is 2.36. The van der Waals surface area contributed by atoms with E-state index in [0.29, 0.717) is 16.0 Å². The Morgan fingerprint density at radius 1 is 1.38 bits per heavy atom. The average Bonchev–Trinajstić information content (AvgIpc) is 2.48. The van der Waals surface area contributed by atoms with E-state index in [4.69, 9.17) is 14.6 Å². The van der Waals surface area contributed by atoms with Gasteiger partial charge in [0.25, 0.3) is 0 Å². The molecule has 0 aliphatic carbocycles. The Kier molecular flexibility index (Phi) is 1.88. The molecule has 0 saturated carbocycles. The molecule has 0 atom stereocenters. The van der Waals surface area contributed by atoms with Gasteiger partial charge in [-0.2, -0.15) is 0 Å². The number of ether oxygens (including phenoxy) is 2. The molecule has 0 bridgehead atoms. The van der Waals surface area contributed by atoms with Crippen molar-refractivity contribution in [3.8, 4) is 11.5 Å². The Balaban J connectivity index is 2.55. The summed E-state index contributed by atoms with van der Waals surface area (Å²) >= 11 is 3.17. The van der Waals surface area contributed by atoms with Gasteiger partial charge in [0.05, 0.1) is 0 Å². The predicted octanol–water partition coefficient (Wildman–Crippen LogP) is 1.04. The summed E-state index contributed by atoms with van der Waals surface area (Å²) in [6, 6.07) is 3.13. The van der Waals surface area contributed by atoms with Crippen molar-refractivity contribution < 1.29 is 19.4 Å². The van der Waals surface area contributed by atoms with E-state index in [1.807, 2.05) is 0 Å². The van der Waals surface area contributed by atoms with Crippen LogP contribution in [0.5, 0.6) is 11.5 Å². The molecule has 0 spiro atoms. The summed E-state index contributed by atoms with van der Waals surface area (Å²) in [6.07, 6.45) is 0. The molecule has 5 heteroatoms. The van der Waals surface area contributed by atoms with Gasteiger partial charge in [-0.15, -0.1) is 0 Å². The number of hydrogen-bond acceptors (Lipinski definition) is 3. The highest BCUT2D eigenvalue weighted by atomic mass is 79.9. The Bertz CT molecular complexity index is 375. The summed E-state index contributed by atoms with van der Waals surface area (Å²) in [5.41, 5.74) is 0.282. The highest BCUT2D eigenvalue weighted by molar-refractivity contribution is 9.10. The second kappa shape index (κ2) is 2.92. The third kappa shape index (κ3) is 1.35. The van der Waals surface area contributed by atoms with E-state index in [9.17, 15) is 4.79 Å². The molecule has 4 nitrogen and oxygen atoms in total. The number of halogens is 1. The zero-order valence-corrected chi connectivity index (χ0v) is 8.05. The number of carbonyl (C=O) groups is 1. The van der Waals surface area contributed by atoms with Crippen LogP contribution < -0.4 is 9.47 Å². The maximum atomic E-state index is 10.8. The number of benzene rings is 1. The third-order valence-electron chi connectivity index (χ3n) is 1.71. The zero-order valence-electron chi connectivity index (χ0n) is 6.46. The van der Waals surface area contributed by atoms with Crippen molar-refractivity contribution in [2.75, 3.05) is 6.79 Å². The molecule has 2 N–H and O–H groups in total. The largest absolute Gasteiger partial charge is 0.561 e. The van der Waals surface area contributed by atoms with Crippen LogP contribution in [0.4, 0.5) is 0 Å². The number of carbonyl (C=O) groups excluding carboxylic acids is 1. The molecule has 0 aromatic heterocycles.